The molecular formula is C24H31ClF2N2O. The van der Waals surface area contributed by atoms with Crippen LogP contribution in [0, 0.1) is 17.3 Å². The van der Waals surface area contributed by atoms with E-state index in [0.29, 0.717) is 30.1 Å². The fourth-order valence-electron chi connectivity index (χ4n) is 6.05. The van der Waals surface area contributed by atoms with Crippen LogP contribution >= 0.6 is 11.6 Å². The highest BCUT2D eigenvalue weighted by molar-refractivity contribution is 6.35. The van der Waals surface area contributed by atoms with Crippen LogP contribution in [0.2, 0.25) is 5.02 Å². The van der Waals surface area contributed by atoms with Gasteiger partial charge in [0.1, 0.15) is 5.69 Å². The lowest BCUT2D eigenvalue weighted by Gasteiger charge is -2.45. The molecule has 1 aromatic heterocycles. The van der Waals surface area contributed by atoms with E-state index >= 15 is 0 Å². The number of benzene rings is 1. The van der Waals surface area contributed by atoms with E-state index in [0.717, 1.165) is 17.3 Å². The Morgan fingerprint density at radius 2 is 1.73 bits per heavy atom. The number of carbonyl (C=O) groups excluding carboxylic acids is 1. The number of carbonyl (C=O) groups is 1. The maximum atomic E-state index is 13.9. The number of fused-ring (bicyclic) bond motifs is 1. The van der Waals surface area contributed by atoms with Gasteiger partial charge in [0.15, 0.2) is 0 Å². The van der Waals surface area contributed by atoms with Gasteiger partial charge in [-0.1, -0.05) is 45.4 Å². The first-order valence-electron chi connectivity index (χ1n) is 11.0. The molecule has 0 atom stereocenters. The molecule has 30 heavy (non-hydrogen) atoms. The number of aromatic amines is 1. The standard InChI is InChI=1S/C24H31ClF2N2O/c1-15(2)24(16(3)4)13-22(8-10-23(26,27)11-9-22)14-29(24)21(30)20-12-17-18(25)6-5-7-19(17)28-20/h5-7,12,15-16,28H,8-11,13-14H2,1-4H3. The van der Waals surface area contributed by atoms with Crippen molar-refractivity contribution in [1.29, 1.82) is 0 Å². The highest BCUT2D eigenvalue weighted by Gasteiger charge is 2.59. The Balaban J connectivity index is 1.74. The Kier molecular flexibility index (Phi) is 5.20. The lowest BCUT2D eigenvalue weighted by atomic mass is 9.65. The van der Waals surface area contributed by atoms with Crippen molar-refractivity contribution in [3.8, 4) is 0 Å². The number of rotatable bonds is 3. The van der Waals surface area contributed by atoms with E-state index in [2.05, 4.69) is 32.7 Å². The van der Waals surface area contributed by atoms with E-state index in [-0.39, 0.29) is 41.5 Å². The number of H-pyrrole nitrogens is 1. The molecule has 2 aromatic rings. The number of alkyl halides is 2. The zero-order valence-electron chi connectivity index (χ0n) is 18.2. The van der Waals surface area contributed by atoms with Crippen molar-refractivity contribution in [1.82, 2.24) is 9.88 Å². The Hall–Kier alpha value is -1.62. The second-order valence-electron chi connectivity index (χ2n) is 10.1. The Bertz CT molecular complexity index is 947. The van der Waals surface area contributed by atoms with Gasteiger partial charge in [0.05, 0.1) is 0 Å². The molecule has 1 spiro atoms. The Morgan fingerprint density at radius 3 is 2.30 bits per heavy atom. The molecule has 1 N–H and O–H groups in total. The molecule has 0 bridgehead atoms. The quantitative estimate of drug-likeness (QED) is 0.557. The van der Waals surface area contributed by atoms with Crippen LogP contribution in [0.15, 0.2) is 24.3 Å². The average molecular weight is 437 g/mol. The van der Waals surface area contributed by atoms with Crippen LogP contribution in [-0.4, -0.2) is 33.8 Å². The number of likely N-dealkylation sites (tertiary alicyclic amines) is 1. The summed E-state index contributed by atoms with van der Waals surface area (Å²) in [7, 11) is 0. The zero-order chi connectivity index (χ0) is 21.9. The minimum absolute atomic E-state index is 0.0566. The summed E-state index contributed by atoms with van der Waals surface area (Å²) in [6.45, 7) is 9.15. The molecule has 4 rings (SSSR count). The van der Waals surface area contributed by atoms with Crippen LogP contribution in [0.4, 0.5) is 8.78 Å². The van der Waals surface area contributed by atoms with Crippen LogP contribution in [0.25, 0.3) is 10.9 Å². The summed E-state index contributed by atoms with van der Waals surface area (Å²) < 4.78 is 27.9. The van der Waals surface area contributed by atoms with Crippen molar-refractivity contribution in [3.05, 3.63) is 35.0 Å². The molecule has 6 heteroatoms. The van der Waals surface area contributed by atoms with Gasteiger partial charge in [0, 0.05) is 40.9 Å². The van der Waals surface area contributed by atoms with Gasteiger partial charge in [-0.25, -0.2) is 8.78 Å². The van der Waals surface area contributed by atoms with Crippen molar-refractivity contribution < 1.29 is 13.6 Å². The van der Waals surface area contributed by atoms with Crippen molar-refractivity contribution in [3.63, 3.8) is 0 Å². The van der Waals surface area contributed by atoms with Gasteiger partial charge in [0.25, 0.3) is 5.91 Å². The van der Waals surface area contributed by atoms with E-state index < -0.39 is 5.92 Å². The molecule has 2 aliphatic rings. The van der Waals surface area contributed by atoms with Crippen LogP contribution in [0.3, 0.4) is 0 Å². The first-order chi connectivity index (χ1) is 14.0. The monoisotopic (exact) mass is 436 g/mol. The smallest absolute Gasteiger partial charge is 0.270 e. The second kappa shape index (κ2) is 7.22. The molecule has 0 unspecified atom stereocenters. The van der Waals surface area contributed by atoms with Crippen LogP contribution in [0.5, 0.6) is 0 Å². The van der Waals surface area contributed by atoms with E-state index in [1.807, 2.05) is 29.2 Å². The predicted octanol–water partition coefficient (Wildman–Crippen LogP) is 6.91. The second-order valence-corrected chi connectivity index (χ2v) is 10.5. The SMILES string of the molecule is CC(C)C1(C(C)C)CC2(CCC(F)(F)CC2)CN1C(=O)c1cc2c(Cl)cccc2[nH]1. The first-order valence-corrected chi connectivity index (χ1v) is 11.3. The van der Waals surface area contributed by atoms with Gasteiger partial charge in [-0.3, -0.25) is 4.79 Å². The topological polar surface area (TPSA) is 36.1 Å². The number of halogens is 3. The van der Waals surface area contributed by atoms with Gasteiger partial charge in [-0.2, -0.15) is 0 Å². The number of hydrogen-bond acceptors (Lipinski definition) is 1. The summed E-state index contributed by atoms with van der Waals surface area (Å²) in [5.41, 5.74) is 0.763. The fourth-order valence-corrected chi connectivity index (χ4v) is 6.28. The predicted molar refractivity (Wildman–Crippen MR) is 117 cm³/mol. The van der Waals surface area contributed by atoms with E-state index in [1.54, 1.807) is 0 Å². The largest absolute Gasteiger partial charge is 0.350 e. The summed E-state index contributed by atoms with van der Waals surface area (Å²) in [6.07, 6.45) is 1.58. The maximum absolute atomic E-state index is 13.9. The van der Waals surface area contributed by atoms with Crippen LogP contribution in [-0.2, 0) is 0 Å². The minimum atomic E-state index is -2.57. The van der Waals surface area contributed by atoms with Crippen molar-refractivity contribution in [2.45, 2.75) is 71.3 Å². The molecule has 1 saturated heterocycles. The summed E-state index contributed by atoms with van der Waals surface area (Å²) >= 11 is 6.32. The summed E-state index contributed by atoms with van der Waals surface area (Å²) in [6, 6.07) is 7.40. The molecule has 0 radical (unpaired) electrons. The van der Waals surface area contributed by atoms with Crippen LogP contribution in [0.1, 0.15) is 70.3 Å². The zero-order valence-corrected chi connectivity index (χ0v) is 19.0. The van der Waals surface area contributed by atoms with E-state index in [1.165, 1.54) is 0 Å². The molecule has 2 fully saturated rings. The summed E-state index contributed by atoms with van der Waals surface area (Å²) in [4.78, 5) is 19.1. The van der Waals surface area contributed by atoms with Gasteiger partial charge in [-0.15, -0.1) is 0 Å². The Morgan fingerprint density at radius 1 is 1.10 bits per heavy atom. The lowest BCUT2D eigenvalue weighted by Crippen LogP contribution is -2.54. The third-order valence-electron chi connectivity index (χ3n) is 7.78. The molecule has 1 aliphatic heterocycles. The third kappa shape index (κ3) is 3.34. The van der Waals surface area contributed by atoms with Gasteiger partial charge in [0.2, 0.25) is 5.92 Å². The molecule has 1 aliphatic carbocycles. The Labute approximate surface area is 182 Å². The molecule has 164 valence electrons. The van der Waals surface area contributed by atoms with Crippen molar-refractivity contribution in [2.75, 3.05) is 6.54 Å². The molecule has 1 aromatic carbocycles. The minimum Gasteiger partial charge on any atom is -0.350 e. The fraction of sp³-hybridized carbons (Fsp3) is 0.625. The molecule has 3 nitrogen and oxygen atoms in total. The molecule has 1 saturated carbocycles. The van der Waals surface area contributed by atoms with Gasteiger partial charge in [-0.05, 0) is 54.7 Å². The van der Waals surface area contributed by atoms with E-state index in [4.69, 9.17) is 11.6 Å². The maximum Gasteiger partial charge on any atom is 0.270 e. The van der Waals surface area contributed by atoms with Gasteiger partial charge < -0.3 is 9.88 Å². The number of aromatic nitrogens is 1. The summed E-state index contributed by atoms with van der Waals surface area (Å²) in [5, 5.41) is 1.43. The average Bonchev–Trinajstić information content (AvgIpc) is 3.26. The molecule has 2 heterocycles. The first kappa shape index (κ1) is 21.6. The number of amides is 1. The number of nitrogens with one attached hydrogen (secondary N) is 1. The normalized spacial score (nSPS) is 22.5. The highest BCUT2D eigenvalue weighted by atomic mass is 35.5. The van der Waals surface area contributed by atoms with Crippen molar-refractivity contribution in [2.24, 2.45) is 17.3 Å². The van der Waals surface area contributed by atoms with Crippen molar-refractivity contribution >= 4 is 28.4 Å². The highest BCUT2D eigenvalue weighted by Crippen LogP contribution is 2.57. The van der Waals surface area contributed by atoms with Gasteiger partial charge >= 0.3 is 0 Å². The molecule has 1 amide bonds. The number of hydrogen-bond donors (Lipinski definition) is 1. The number of nitrogens with zero attached hydrogens (tertiary/aromatic N) is 1. The van der Waals surface area contributed by atoms with Crippen LogP contribution < -0.4 is 0 Å². The van der Waals surface area contributed by atoms with E-state index in [9.17, 15) is 13.6 Å². The lowest BCUT2D eigenvalue weighted by molar-refractivity contribution is -0.0654. The molecular weight excluding hydrogens is 406 g/mol. The summed E-state index contributed by atoms with van der Waals surface area (Å²) in [5.74, 6) is -2.19. The third-order valence-corrected chi connectivity index (χ3v) is 8.11.